The molecule has 1 fully saturated rings. The number of aliphatic hydroxyl groups is 1. The second kappa shape index (κ2) is 7.98. The summed E-state index contributed by atoms with van der Waals surface area (Å²) in [6, 6.07) is 0.706. The van der Waals surface area contributed by atoms with Crippen LogP contribution in [-0.2, 0) is 0 Å². The van der Waals surface area contributed by atoms with E-state index in [4.69, 9.17) is 23.1 Å². The Morgan fingerprint density at radius 2 is 1.94 bits per heavy atom. The molecule has 0 atom stereocenters. The smallest absolute Gasteiger partial charge is 0.0727 e. The van der Waals surface area contributed by atoms with Crippen molar-refractivity contribution in [1.29, 1.82) is 0 Å². The minimum Gasteiger partial charge on any atom is -0.395 e. The van der Waals surface area contributed by atoms with Gasteiger partial charge in [-0.3, -0.25) is 4.90 Å². The van der Waals surface area contributed by atoms with Crippen LogP contribution in [0, 0.1) is 0 Å². The molecule has 94 valence electrons. The number of nitrogens with zero attached hydrogens (tertiary/aromatic N) is 1. The highest BCUT2D eigenvalue weighted by molar-refractivity contribution is 7.80. The molecule has 1 aliphatic rings. The number of thiocarbonyl (C=S) groups is 1. The van der Waals surface area contributed by atoms with Crippen LogP contribution < -0.4 is 5.73 Å². The molecule has 0 amide bonds. The van der Waals surface area contributed by atoms with E-state index in [1.54, 1.807) is 0 Å². The third kappa shape index (κ3) is 5.23. The molecule has 1 rings (SSSR count). The Hall–Kier alpha value is -0.190. The van der Waals surface area contributed by atoms with Gasteiger partial charge in [0.15, 0.2) is 0 Å². The first kappa shape index (κ1) is 13.9. The molecule has 1 saturated carbocycles. The van der Waals surface area contributed by atoms with E-state index < -0.39 is 0 Å². The molecule has 0 aromatic rings. The highest BCUT2D eigenvalue weighted by Gasteiger charge is 2.21. The lowest BCUT2D eigenvalue weighted by molar-refractivity contribution is 0.149. The highest BCUT2D eigenvalue weighted by atomic mass is 32.1. The summed E-state index contributed by atoms with van der Waals surface area (Å²) in [5.41, 5.74) is 5.47. The van der Waals surface area contributed by atoms with Gasteiger partial charge in [0.25, 0.3) is 0 Å². The first-order chi connectivity index (χ1) is 7.74. The molecule has 0 radical (unpaired) electrons. The van der Waals surface area contributed by atoms with Crippen LogP contribution >= 0.6 is 12.2 Å². The average Bonchev–Trinajstić information content (AvgIpc) is 2.75. The second-order valence-electron chi connectivity index (χ2n) is 4.62. The fourth-order valence-electron chi connectivity index (χ4n) is 2.49. The van der Waals surface area contributed by atoms with Crippen LogP contribution in [0.25, 0.3) is 0 Å². The van der Waals surface area contributed by atoms with Gasteiger partial charge in [0.1, 0.15) is 0 Å². The SMILES string of the molecule is NC(=S)CCCCN(CCO)C1CCCC1. The number of rotatable bonds is 8. The first-order valence-corrected chi connectivity index (χ1v) is 6.78. The average molecular weight is 244 g/mol. The fourth-order valence-corrected chi connectivity index (χ4v) is 2.63. The van der Waals surface area contributed by atoms with Crippen molar-refractivity contribution in [2.24, 2.45) is 5.73 Å². The Balaban J connectivity index is 2.19. The maximum atomic E-state index is 9.06. The lowest BCUT2D eigenvalue weighted by Gasteiger charge is -2.28. The molecular formula is C12H24N2OS. The van der Waals surface area contributed by atoms with Gasteiger partial charge in [-0.15, -0.1) is 0 Å². The minimum absolute atomic E-state index is 0.270. The van der Waals surface area contributed by atoms with Crippen LogP contribution in [0.15, 0.2) is 0 Å². The van der Waals surface area contributed by atoms with E-state index in [-0.39, 0.29) is 6.61 Å². The van der Waals surface area contributed by atoms with E-state index in [0.29, 0.717) is 11.0 Å². The van der Waals surface area contributed by atoms with Crippen LogP contribution in [-0.4, -0.2) is 40.7 Å². The molecule has 0 unspecified atom stereocenters. The lowest BCUT2D eigenvalue weighted by atomic mass is 10.1. The summed E-state index contributed by atoms with van der Waals surface area (Å²) in [7, 11) is 0. The van der Waals surface area contributed by atoms with Gasteiger partial charge in [-0.25, -0.2) is 0 Å². The number of hydrogen-bond donors (Lipinski definition) is 2. The normalized spacial score (nSPS) is 17.1. The van der Waals surface area contributed by atoms with Crippen molar-refractivity contribution in [1.82, 2.24) is 4.90 Å². The number of unbranched alkanes of at least 4 members (excludes halogenated alkanes) is 1. The Morgan fingerprint density at radius 3 is 2.50 bits per heavy atom. The molecule has 0 aromatic carbocycles. The van der Waals surface area contributed by atoms with Crippen molar-refractivity contribution in [3.05, 3.63) is 0 Å². The molecule has 0 bridgehead atoms. The Kier molecular flexibility index (Phi) is 6.92. The van der Waals surface area contributed by atoms with Crippen molar-refractivity contribution in [3.8, 4) is 0 Å². The Labute approximate surface area is 104 Å². The molecule has 0 saturated heterocycles. The molecule has 0 aromatic heterocycles. The third-order valence-electron chi connectivity index (χ3n) is 3.35. The van der Waals surface area contributed by atoms with E-state index in [0.717, 1.165) is 32.4 Å². The zero-order valence-electron chi connectivity index (χ0n) is 10.0. The summed E-state index contributed by atoms with van der Waals surface area (Å²) >= 11 is 4.86. The molecule has 4 heteroatoms. The zero-order chi connectivity index (χ0) is 11.8. The van der Waals surface area contributed by atoms with E-state index in [1.807, 2.05) is 0 Å². The summed E-state index contributed by atoms with van der Waals surface area (Å²) in [5.74, 6) is 0. The molecular weight excluding hydrogens is 220 g/mol. The van der Waals surface area contributed by atoms with Crippen molar-refractivity contribution in [2.75, 3.05) is 19.7 Å². The van der Waals surface area contributed by atoms with Crippen molar-refractivity contribution in [3.63, 3.8) is 0 Å². The van der Waals surface area contributed by atoms with E-state index in [9.17, 15) is 0 Å². The van der Waals surface area contributed by atoms with Crippen molar-refractivity contribution in [2.45, 2.75) is 51.0 Å². The summed E-state index contributed by atoms with van der Waals surface area (Å²) in [4.78, 5) is 3.06. The molecule has 16 heavy (non-hydrogen) atoms. The predicted molar refractivity (Wildman–Crippen MR) is 71.6 cm³/mol. The van der Waals surface area contributed by atoms with Gasteiger partial charge < -0.3 is 10.8 Å². The lowest BCUT2D eigenvalue weighted by Crippen LogP contribution is -2.36. The van der Waals surface area contributed by atoms with Gasteiger partial charge in [-0.1, -0.05) is 25.1 Å². The van der Waals surface area contributed by atoms with Gasteiger partial charge in [-0.2, -0.15) is 0 Å². The van der Waals surface area contributed by atoms with Gasteiger partial charge in [0.05, 0.1) is 11.6 Å². The molecule has 3 N–H and O–H groups in total. The van der Waals surface area contributed by atoms with E-state index >= 15 is 0 Å². The predicted octanol–water partition coefficient (Wildman–Crippen LogP) is 1.68. The second-order valence-corrected chi connectivity index (χ2v) is 5.15. The monoisotopic (exact) mass is 244 g/mol. The maximum absolute atomic E-state index is 9.06. The highest BCUT2D eigenvalue weighted by Crippen LogP contribution is 2.23. The Bertz CT molecular complexity index is 205. The fraction of sp³-hybridized carbons (Fsp3) is 0.917. The van der Waals surface area contributed by atoms with Crippen LogP contribution in [0.2, 0.25) is 0 Å². The molecule has 0 aliphatic heterocycles. The van der Waals surface area contributed by atoms with Crippen LogP contribution in [0.3, 0.4) is 0 Å². The summed E-state index contributed by atoms with van der Waals surface area (Å²) in [6.07, 6.45) is 8.36. The van der Waals surface area contributed by atoms with Crippen LogP contribution in [0.4, 0.5) is 0 Å². The summed E-state index contributed by atoms with van der Waals surface area (Å²) < 4.78 is 0. The third-order valence-corrected chi connectivity index (χ3v) is 3.55. The number of nitrogens with two attached hydrogens (primary N) is 1. The van der Waals surface area contributed by atoms with E-state index in [1.165, 1.54) is 25.7 Å². The van der Waals surface area contributed by atoms with Crippen LogP contribution in [0.5, 0.6) is 0 Å². The minimum atomic E-state index is 0.270. The van der Waals surface area contributed by atoms with Gasteiger partial charge in [0, 0.05) is 12.6 Å². The maximum Gasteiger partial charge on any atom is 0.0727 e. The molecule has 3 nitrogen and oxygen atoms in total. The molecule has 1 aliphatic carbocycles. The quantitative estimate of drug-likeness (QED) is 0.504. The number of hydrogen-bond acceptors (Lipinski definition) is 3. The first-order valence-electron chi connectivity index (χ1n) is 6.37. The summed E-state index contributed by atoms with van der Waals surface area (Å²) in [5, 5.41) is 9.06. The van der Waals surface area contributed by atoms with Crippen LogP contribution in [0.1, 0.15) is 44.9 Å². The molecule has 0 spiro atoms. The Morgan fingerprint density at radius 1 is 1.25 bits per heavy atom. The molecule has 0 heterocycles. The zero-order valence-corrected chi connectivity index (χ0v) is 10.8. The van der Waals surface area contributed by atoms with E-state index in [2.05, 4.69) is 4.90 Å². The number of aliphatic hydroxyl groups excluding tert-OH is 1. The topological polar surface area (TPSA) is 49.5 Å². The summed E-state index contributed by atoms with van der Waals surface area (Å²) in [6.45, 7) is 2.16. The van der Waals surface area contributed by atoms with Gasteiger partial charge in [0.2, 0.25) is 0 Å². The standard InChI is InChI=1S/C12H24N2OS/c13-12(16)7-3-4-8-14(9-10-15)11-5-1-2-6-11/h11,15H,1-10H2,(H2,13,16). The van der Waals surface area contributed by atoms with Crippen molar-refractivity contribution >= 4 is 17.2 Å². The van der Waals surface area contributed by atoms with Gasteiger partial charge >= 0.3 is 0 Å². The van der Waals surface area contributed by atoms with Gasteiger partial charge in [-0.05, 0) is 38.6 Å². The largest absolute Gasteiger partial charge is 0.395 e. The van der Waals surface area contributed by atoms with Crippen molar-refractivity contribution < 1.29 is 5.11 Å².